The summed E-state index contributed by atoms with van der Waals surface area (Å²) in [7, 11) is 2.97. The maximum absolute atomic E-state index is 12.2. The Labute approximate surface area is 232 Å². The van der Waals surface area contributed by atoms with Crippen molar-refractivity contribution in [2.45, 2.75) is 25.9 Å². The summed E-state index contributed by atoms with van der Waals surface area (Å²) in [5.41, 5.74) is 6.19. The Morgan fingerprint density at radius 3 is 2.53 bits per heavy atom. The molecule has 2 aromatic carbocycles. The van der Waals surface area contributed by atoms with E-state index < -0.39 is 0 Å². The average molecular weight is 547 g/mol. The first kappa shape index (κ1) is 25.8. The van der Waals surface area contributed by atoms with Crippen LogP contribution in [0.3, 0.4) is 0 Å². The molecule has 0 radical (unpaired) electrons. The topological polar surface area (TPSA) is 68.6 Å². The van der Waals surface area contributed by atoms with Crippen LogP contribution < -0.4 is 15.0 Å². The normalized spacial score (nSPS) is 16.9. The predicted molar refractivity (Wildman–Crippen MR) is 153 cm³/mol. The van der Waals surface area contributed by atoms with Gasteiger partial charge in [0.2, 0.25) is 0 Å². The summed E-state index contributed by atoms with van der Waals surface area (Å²) in [4.78, 5) is 18.9. The van der Waals surface area contributed by atoms with Gasteiger partial charge in [-0.25, -0.2) is 4.79 Å². The van der Waals surface area contributed by atoms with E-state index in [1.54, 1.807) is 19.4 Å². The molecule has 1 saturated heterocycles. The molecule has 9 heteroatoms. The maximum atomic E-state index is 12.2. The highest BCUT2D eigenvalue weighted by Crippen LogP contribution is 2.45. The average Bonchev–Trinajstić information content (AvgIpc) is 3.43. The van der Waals surface area contributed by atoms with E-state index in [9.17, 15) is 4.79 Å². The van der Waals surface area contributed by atoms with Crippen LogP contribution in [0.15, 0.2) is 72.9 Å². The van der Waals surface area contributed by atoms with Crippen molar-refractivity contribution >= 4 is 40.6 Å². The molecule has 1 N–H and O–H groups in total. The molecule has 0 saturated carbocycles. The summed E-state index contributed by atoms with van der Waals surface area (Å²) >= 11 is 12.4. The van der Waals surface area contributed by atoms with Crippen molar-refractivity contribution in [3.63, 3.8) is 0 Å². The lowest BCUT2D eigenvalue weighted by Crippen LogP contribution is -2.29. The lowest BCUT2D eigenvalue weighted by atomic mass is 9.96. The van der Waals surface area contributed by atoms with Gasteiger partial charge in [-0.2, -0.15) is 0 Å². The molecule has 5 rings (SSSR count). The standard InChI is InChI=1S/C29H27ClN4O3S/c1-17-14-22(18(2)33(17)20-9-7-8-19(15-20)28(35)37-4)27-26(24-10-5-6-13-31-24)32-29(38)34(27)21-11-12-25(36-3)23(30)16-21/h5-16,26-27H,1-4H3,(H,32,38)/t26-,27+/m1/s1. The molecular weight excluding hydrogens is 520 g/mol. The number of halogens is 1. The number of methoxy groups -OCH3 is 2. The first-order valence-corrected chi connectivity index (χ1v) is 12.8. The third kappa shape index (κ3) is 4.50. The molecule has 1 fully saturated rings. The van der Waals surface area contributed by atoms with E-state index in [0.717, 1.165) is 34.0 Å². The van der Waals surface area contributed by atoms with Gasteiger partial charge < -0.3 is 24.3 Å². The van der Waals surface area contributed by atoms with Crippen LogP contribution in [-0.2, 0) is 4.74 Å². The number of thiocarbonyl (C=S) groups is 1. The van der Waals surface area contributed by atoms with Gasteiger partial charge in [0, 0.05) is 29.0 Å². The Morgan fingerprint density at radius 2 is 1.84 bits per heavy atom. The number of pyridine rings is 1. The molecule has 1 aliphatic heterocycles. The number of esters is 1. The zero-order valence-corrected chi connectivity index (χ0v) is 23.0. The summed E-state index contributed by atoms with van der Waals surface area (Å²) in [6.07, 6.45) is 1.78. The van der Waals surface area contributed by atoms with Crippen LogP contribution in [0.25, 0.3) is 5.69 Å². The molecule has 0 bridgehead atoms. The van der Waals surface area contributed by atoms with Crippen molar-refractivity contribution in [1.29, 1.82) is 0 Å². The van der Waals surface area contributed by atoms with Crippen LogP contribution in [0.5, 0.6) is 5.75 Å². The SMILES string of the molecule is COC(=O)c1cccc(-n2c(C)cc([C@H]3[C@@H](c4ccccn4)NC(=S)N3c3ccc(OC)c(Cl)c3)c2C)c1. The van der Waals surface area contributed by atoms with E-state index in [1.807, 2.05) is 61.5 Å². The number of rotatable bonds is 6. The number of hydrogen-bond donors (Lipinski definition) is 1. The fourth-order valence-corrected chi connectivity index (χ4v) is 5.73. The largest absolute Gasteiger partial charge is 0.495 e. The lowest BCUT2D eigenvalue weighted by Gasteiger charge is -2.28. The molecule has 0 unspecified atom stereocenters. The van der Waals surface area contributed by atoms with Gasteiger partial charge >= 0.3 is 5.97 Å². The maximum Gasteiger partial charge on any atom is 0.337 e. The molecule has 0 spiro atoms. The van der Waals surface area contributed by atoms with E-state index in [1.165, 1.54) is 7.11 Å². The summed E-state index contributed by atoms with van der Waals surface area (Å²) < 4.78 is 12.4. The van der Waals surface area contributed by atoms with Gasteiger partial charge in [-0.05, 0) is 86.2 Å². The number of nitrogens with zero attached hydrogens (tertiary/aromatic N) is 3. The minimum Gasteiger partial charge on any atom is -0.495 e. The van der Waals surface area contributed by atoms with Crippen LogP contribution >= 0.6 is 23.8 Å². The van der Waals surface area contributed by atoms with Gasteiger partial charge in [0.1, 0.15) is 5.75 Å². The quantitative estimate of drug-likeness (QED) is 0.231. The first-order valence-electron chi connectivity index (χ1n) is 12.1. The summed E-state index contributed by atoms with van der Waals surface area (Å²) in [6, 6.07) is 20.7. The smallest absolute Gasteiger partial charge is 0.337 e. The highest BCUT2D eigenvalue weighted by Gasteiger charge is 2.42. The molecular formula is C29H27ClN4O3S. The predicted octanol–water partition coefficient (Wildman–Crippen LogP) is 6.11. The van der Waals surface area contributed by atoms with Gasteiger partial charge in [0.25, 0.3) is 0 Å². The molecule has 7 nitrogen and oxygen atoms in total. The molecule has 3 heterocycles. The first-order chi connectivity index (χ1) is 18.3. The van der Waals surface area contributed by atoms with Gasteiger partial charge in [0.05, 0.1) is 42.6 Å². The Kier molecular flexibility index (Phi) is 7.10. The molecule has 194 valence electrons. The number of hydrogen-bond acceptors (Lipinski definition) is 5. The van der Waals surface area contributed by atoms with Crippen LogP contribution in [-0.4, -0.2) is 34.9 Å². The zero-order valence-electron chi connectivity index (χ0n) is 21.4. The number of benzene rings is 2. The van der Waals surface area contributed by atoms with E-state index in [4.69, 9.17) is 33.3 Å². The summed E-state index contributed by atoms with van der Waals surface area (Å²) in [6.45, 7) is 4.12. The van der Waals surface area contributed by atoms with Crippen LogP contribution in [0.1, 0.15) is 45.1 Å². The van der Waals surface area contributed by atoms with Crippen molar-refractivity contribution in [1.82, 2.24) is 14.9 Å². The van der Waals surface area contributed by atoms with Crippen LogP contribution in [0, 0.1) is 13.8 Å². The number of aryl methyl sites for hydroxylation is 1. The van der Waals surface area contributed by atoms with Crippen LogP contribution in [0.2, 0.25) is 5.02 Å². The number of carbonyl (C=O) groups is 1. The second-order valence-corrected chi connectivity index (χ2v) is 9.81. The molecule has 1 aliphatic rings. The van der Waals surface area contributed by atoms with Crippen molar-refractivity contribution < 1.29 is 14.3 Å². The summed E-state index contributed by atoms with van der Waals surface area (Å²) in [5.74, 6) is 0.215. The van der Waals surface area contributed by atoms with Gasteiger partial charge in [-0.3, -0.25) is 4.98 Å². The fourth-order valence-electron chi connectivity index (χ4n) is 5.13. The Hall–Kier alpha value is -3.88. The van der Waals surface area contributed by atoms with Gasteiger partial charge in [-0.15, -0.1) is 0 Å². The monoisotopic (exact) mass is 546 g/mol. The Bertz CT molecular complexity index is 1520. The Morgan fingerprint density at radius 1 is 1.03 bits per heavy atom. The second-order valence-electron chi connectivity index (χ2n) is 9.02. The third-order valence-electron chi connectivity index (χ3n) is 6.83. The number of anilines is 1. The molecule has 4 aromatic rings. The van der Waals surface area contributed by atoms with Crippen molar-refractivity contribution in [3.8, 4) is 11.4 Å². The lowest BCUT2D eigenvalue weighted by molar-refractivity contribution is 0.0600. The van der Waals surface area contributed by atoms with E-state index in [2.05, 4.69) is 32.8 Å². The molecule has 0 aliphatic carbocycles. The van der Waals surface area contributed by atoms with Crippen molar-refractivity contribution in [2.75, 3.05) is 19.1 Å². The fraction of sp³-hybridized carbons (Fsp3) is 0.207. The highest BCUT2D eigenvalue weighted by molar-refractivity contribution is 7.80. The number of nitrogens with one attached hydrogen (secondary N) is 1. The summed E-state index contributed by atoms with van der Waals surface area (Å²) in [5, 5.41) is 4.56. The molecule has 38 heavy (non-hydrogen) atoms. The molecule has 0 amide bonds. The Balaban J connectivity index is 1.66. The van der Waals surface area contributed by atoms with Crippen molar-refractivity contribution in [3.05, 3.63) is 106 Å². The van der Waals surface area contributed by atoms with Crippen LogP contribution in [0.4, 0.5) is 5.69 Å². The minimum absolute atomic E-state index is 0.208. The number of aromatic nitrogens is 2. The number of carbonyl (C=O) groups excluding carboxylic acids is 1. The van der Waals surface area contributed by atoms with Gasteiger partial charge in [-0.1, -0.05) is 23.7 Å². The zero-order chi connectivity index (χ0) is 27.0. The molecule has 2 aromatic heterocycles. The second kappa shape index (κ2) is 10.5. The molecule has 2 atom stereocenters. The minimum atomic E-state index is -0.377. The van der Waals surface area contributed by atoms with E-state index in [-0.39, 0.29) is 18.1 Å². The van der Waals surface area contributed by atoms with Gasteiger partial charge in [0.15, 0.2) is 5.11 Å². The van der Waals surface area contributed by atoms with E-state index in [0.29, 0.717) is 21.4 Å². The number of ether oxygens (including phenoxy) is 2. The van der Waals surface area contributed by atoms with E-state index >= 15 is 0 Å². The van der Waals surface area contributed by atoms with Crippen molar-refractivity contribution in [2.24, 2.45) is 0 Å². The highest BCUT2D eigenvalue weighted by atomic mass is 35.5. The third-order valence-corrected chi connectivity index (χ3v) is 7.44.